The average molecular weight is 387 g/mol. The molecule has 0 aromatic heterocycles. The van der Waals surface area contributed by atoms with E-state index in [1.54, 1.807) is 6.08 Å². The Morgan fingerprint density at radius 2 is 1.82 bits per heavy atom. The normalized spacial score (nSPS) is 19.8. The first-order valence-electron chi connectivity index (χ1n) is 9.07. The lowest BCUT2D eigenvalue weighted by Crippen LogP contribution is -2.63. The molecule has 0 radical (unpaired) electrons. The van der Waals surface area contributed by atoms with Crippen LogP contribution in [-0.2, 0) is 30.3 Å². The number of hydrogen-bond acceptors (Lipinski definition) is 5. The molecule has 1 aromatic carbocycles. The first kappa shape index (κ1) is 21.1. The van der Waals surface area contributed by atoms with E-state index in [0.29, 0.717) is 19.3 Å². The number of nitrogens with one attached hydrogen (secondary N) is 3. The molecule has 1 heterocycles. The number of ether oxygens (including phenoxy) is 1. The van der Waals surface area contributed by atoms with E-state index >= 15 is 0 Å². The van der Waals surface area contributed by atoms with Gasteiger partial charge in [0, 0.05) is 6.42 Å². The number of rotatable bonds is 9. The summed E-state index contributed by atoms with van der Waals surface area (Å²) in [7, 11) is 1.23. The zero-order chi connectivity index (χ0) is 20.5. The number of benzene rings is 1. The molecule has 1 aliphatic rings. The highest BCUT2D eigenvalue weighted by Crippen LogP contribution is 2.09. The average Bonchev–Trinajstić information content (AvgIpc) is 2.69. The van der Waals surface area contributed by atoms with Crippen molar-refractivity contribution < 1.29 is 23.9 Å². The van der Waals surface area contributed by atoms with Crippen molar-refractivity contribution in [3.8, 4) is 0 Å². The molecule has 0 unspecified atom stereocenters. The molecule has 1 aliphatic heterocycles. The minimum Gasteiger partial charge on any atom is -0.467 e. The second-order valence-electron chi connectivity index (χ2n) is 6.53. The van der Waals surface area contributed by atoms with E-state index in [1.165, 1.54) is 7.11 Å². The maximum absolute atomic E-state index is 12.3. The zero-order valence-electron chi connectivity index (χ0n) is 15.8. The summed E-state index contributed by atoms with van der Waals surface area (Å²) in [6.07, 6.45) is 2.58. The van der Waals surface area contributed by atoms with Crippen molar-refractivity contribution in [2.45, 2.75) is 43.8 Å². The Kier molecular flexibility index (Phi) is 7.74. The van der Waals surface area contributed by atoms with Crippen LogP contribution < -0.4 is 16.0 Å². The van der Waals surface area contributed by atoms with Crippen LogP contribution in [0.1, 0.15) is 24.8 Å². The van der Waals surface area contributed by atoms with Gasteiger partial charge in [0.2, 0.25) is 17.7 Å². The molecule has 3 N–H and O–H groups in total. The number of methoxy groups -OCH3 is 1. The van der Waals surface area contributed by atoms with Gasteiger partial charge in [0.1, 0.15) is 18.1 Å². The van der Waals surface area contributed by atoms with Gasteiger partial charge in [-0.25, -0.2) is 4.79 Å². The molecular weight excluding hydrogens is 362 g/mol. The van der Waals surface area contributed by atoms with Crippen molar-refractivity contribution in [2.75, 3.05) is 7.11 Å². The molecule has 3 amide bonds. The van der Waals surface area contributed by atoms with Gasteiger partial charge in [-0.15, -0.1) is 6.58 Å². The molecule has 2 rings (SSSR count). The first-order chi connectivity index (χ1) is 13.4. The molecule has 0 saturated carbocycles. The van der Waals surface area contributed by atoms with Crippen LogP contribution in [0.3, 0.4) is 0 Å². The van der Waals surface area contributed by atoms with E-state index in [4.69, 9.17) is 0 Å². The molecular formula is C20H25N3O5. The third kappa shape index (κ3) is 5.94. The zero-order valence-corrected chi connectivity index (χ0v) is 15.8. The molecule has 28 heavy (non-hydrogen) atoms. The van der Waals surface area contributed by atoms with Crippen molar-refractivity contribution in [1.82, 2.24) is 16.0 Å². The predicted molar refractivity (Wildman–Crippen MR) is 102 cm³/mol. The van der Waals surface area contributed by atoms with Crippen LogP contribution in [0.25, 0.3) is 0 Å². The van der Waals surface area contributed by atoms with E-state index in [2.05, 4.69) is 27.3 Å². The lowest BCUT2D eigenvalue weighted by molar-refractivity contribution is -0.145. The molecule has 0 bridgehead atoms. The SMILES string of the molecule is C=CCC[C@H](NC(=O)C[C@@H]1NC(=O)[C@H](Cc2ccccc2)NC1=O)C(=O)OC. The van der Waals surface area contributed by atoms with Gasteiger partial charge >= 0.3 is 5.97 Å². The summed E-state index contributed by atoms with van der Waals surface area (Å²) in [6, 6.07) is 6.81. The number of carbonyl (C=O) groups excluding carboxylic acids is 4. The predicted octanol–water partition coefficient (Wildman–Crippen LogP) is 0.226. The van der Waals surface area contributed by atoms with Crippen molar-refractivity contribution in [1.29, 1.82) is 0 Å². The molecule has 8 nitrogen and oxygen atoms in total. The Bertz CT molecular complexity index is 735. The highest BCUT2D eigenvalue weighted by atomic mass is 16.5. The Morgan fingerprint density at radius 1 is 1.18 bits per heavy atom. The van der Waals surface area contributed by atoms with Gasteiger partial charge in [0.25, 0.3) is 0 Å². The Labute approximate surface area is 163 Å². The fourth-order valence-electron chi connectivity index (χ4n) is 2.93. The van der Waals surface area contributed by atoms with Crippen LogP contribution in [0.4, 0.5) is 0 Å². The fraction of sp³-hybridized carbons (Fsp3) is 0.400. The molecule has 150 valence electrons. The van der Waals surface area contributed by atoms with Crippen LogP contribution in [0.2, 0.25) is 0 Å². The number of amides is 3. The molecule has 0 aliphatic carbocycles. The number of allylic oxidation sites excluding steroid dienone is 1. The number of hydrogen-bond donors (Lipinski definition) is 3. The lowest BCUT2D eigenvalue weighted by Gasteiger charge is -2.29. The molecule has 1 fully saturated rings. The monoisotopic (exact) mass is 387 g/mol. The van der Waals surface area contributed by atoms with Crippen molar-refractivity contribution in [3.05, 3.63) is 48.6 Å². The van der Waals surface area contributed by atoms with Gasteiger partial charge in [-0.3, -0.25) is 14.4 Å². The number of esters is 1. The number of piperazine rings is 1. The maximum Gasteiger partial charge on any atom is 0.328 e. The van der Waals surface area contributed by atoms with Gasteiger partial charge in [0.15, 0.2) is 0 Å². The first-order valence-corrected chi connectivity index (χ1v) is 9.07. The Balaban J connectivity index is 1.91. The highest BCUT2D eigenvalue weighted by molar-refractivity contribution is 5.99. The van der Waals surface area contributed by atoms with E-state index < -0.39 is 35.9 Å². The summed E-state index contributed by atoms with van der Waals surface area (Å²) in [5.41, 5.74) is 0.919. The summed E-state index contributed by atoms with van der Waals surface area (Å²) in [4.78, 5) is 48.6. The quantitative estimate of drug-likeness (QED) is 0.415. The van der Waals surface area contributed by atoms with E-state index in [-0.39, 0.29) is 12.3 Å². The maximum atomic E-state index is 12.3. The van der Waals surface area contributed by atoms with Crippen LogP contribution in [0, 0.1) is 0 Å². The molecule has 1 aromatic rings. The Hall–Kier alpha value is -3.16. The third-order valence-corrected chi connectivity index (χ3v) is 4.42. The van der Waals surface area contributed by atoms with Crippen molar-refractivity contribution in [3.63, 3.8) is 0 Å². The third-order valence-electron chi connectivity index (χ3n) is 4.42. The van der Waals surface area contributed by atoms with Crippen LogP contribution in [-0.4, -0.2) is 48.9 Å². The fourth-order valence-corrected chi connectivity index (χ4v) is 2.93. The number of carbonyl (C=O) groups is 4. The van der Waals surface area contributed by atoms with Crippen LogP contribution in [0.5, 0.6) is 0 Å². The van der Waals surface area contributed by atoms with Gasteiger partial charge < -0.3 is 20.7 Å². The van der Waals surface area contributed by atoms with Gasteiger partial charge in [-0.05, 0) is 18.4 Å². The summed E-state index contributed by atoms with van der Waals surface area (Å²) in [5, 5.41) is 7.78. The smallest absolute Gasteiger partial charge is 0.328 e. The largest absolute Gasteiger partial charge is 0.467 e. The van der Waals surface area contributed by atoms with Crippen LogP contribution >= 0.6 is 0 Å². The Morgan fingerprint density at radius 3 is 2.46 bits per heavy atom. The van der Waals surface area contributed by atoms with E-state index in [0.717, 1.165) is 5.56 Å². The minimum absolute atomic E-state index is 0.267. The van der Waals surface area contributed by atoms with Crippen LogP contribution in [0.15, 0.2) is 43.0 Å². The topological polar surface area (TPSA) is 114 Å². The van der Waals surface area contributed by atoms with Gasteiger partial charge in [-0.2, -0.15) is 0 Å². The summed E-state index contributed by atoms with van der Waals surface area (Å²) < 4.78 is 4.67. The summed E-state index contributed by atoms with van der Waals surface area (Å²) >= 11 is 0. The van der Waals surface area contributed by atoms with E-state index in [1.807, 2.05) is 30.3 Å². The molecule has 0 spiro atoms. The van der Waals surface area contributed by atoms with Crippen molar-refractivity contribution in [2.24, 2.45) is 0 Å². The summed E-state index contributed by atoms with van der Waals surface area (Å²) in [6.45, 7) is 3.58. The highest BCUT2D eigenvalue weighted by Gasteiger charge is 2.35. The second kappa shape index (κ2) is 10.2. The summed E-state index contributed by atoms with van der Waals surface area (Å²) in [5.74, 6) is -1.88. The molecule has 1 saturated heterocycles. The van der Waals surface area contributed by atoms with Gasteiger partial charge in [-0.1, -0.05) is 36.4 Å². The molecule has 3 atom stereocenters. The second-order valence-corrected chi connectivity index (χ2v) is 6.53. The van der Waals surface area contributed by atoms with Crippen molar-refractivity contribution >= 4 is 23.7 Å². The minimum atomic E-state index is -0.989. The standard InChI is InChI=1S/C20H25N3O5/c1-3-4-10-14(20(27)28-2)21-17(24)12-16-19(26)22-15(18(25)23-16)11-13-8-6-5-7-9-13/h3,5-9,14-16H,1,4,10-12H2,2H3,(H,21,24)(H,22,26)(H,23,25)/t14-,15-,16-/m0/s1. The van der Waals surface area contributed by atoms with E-state index in [9.17, 15) is 19.2 Å². The lowest BCUT2D eigenvalue weighted by atomic mass is 10.0. The van der Waals surface area contributed by atoms with Gasteiger partial charge in [0.05, 0.1) is 13.5 Å². The molecule has 8 heteroatoms.